The number of rotatable bonds is 2. The number of carboxylic acids is 1. The van der Waals surface area contributed by atoms with Crippen molar-refractivity contribution in [1.82, 2.24) is 10.2 Å². The first-order valence-corrected chi connectivity index (χ1v) is 5.95. The number of aliphatic carboxylic acids is 1. The molecule has 0 bridgehead atoms. The number of piperidine rings is 2. The van der Waals surface area contributed by atoms with Gasteiger partial charge in [0, 0.05) is 6.04 Å². The normalized spacial score (nSPS) is 25.0. The Morgan fingerprint density at radius 1 is 1.12 bits per heavy atom. The fourth-order valence-electron chi connectivity index (χ4n) is 2.68. The zero-order valence-corrected chi connectivity index (χ0v) is 10.3. The molecular formula is C11H21ClN2O2. The minimum Gasteiger partial charge on any atom is -0.481 e. The molecule has 5 heteroatoms. The molecule has 4 nitrogen and oxygen atoms in total. The Balaban J connectivity index is 0.00000128. The van der Waals surface area contributed by atoms with Gasteiger partial charge in [-0.05, 0) is 51.9 Å². The van der Waals surface area contributed by atoms with Crippen LogP contribution in [0.4, 0.5) is 0 Å². The van der Waals surface area contributed by atoms with Gasteiger partial charge in [0.1, 0.15) is 0 Å². The van der Waals surface area contributed by atoms with Gasteiger partial charge in [0.25, 0.3) is 0 Å². The molecule has 0 atom stereocenters. The fourth-order valence-corrected chi connectivity index (χ4v) is 2.68. The monoisotopic (exact) mass is 248 g/mol. The van der Waals surface area contributed by atoms with Crippen LogP contribution in [0.2, 0.25) is 0 Å². The van der Waals surface area contributed by atoms with Crippen LogP contribution in [0.3, 0.4) is 0 Å². The van der Waals surface area contributed by atoms with Gasteiger partial charge in [-0.15, -0.1) is 12.4 Å². The van der Waals surface area contributed by atoms with Crippen LogP contribution in [0.15, 0.2) is 0 Å². The van der Waals surface area contributed by atoms with Crippen LogP contribution >= 0.6 is 12.4 Å². The molecule has 0 radical (unpaired) electrons. The van der Waals surface area contributed by atoms with E-state index in [1.165, 1.54) is 12.8 Å². The lowest BCUT2D eigenvalue weighted by atomic mass is 9.94. The van der Waals surface area contributed by atoms with E-state index >= 15 is 0 Å². The largest absolute Gasteiger partial charge is 0.481 e. The number of carbonyl (C=O) groups is 1. The summed E-state index contributed by atoms with van der Waals surface area (Å²) in [7, 11) is 0. The van der Waals surface area contributed by atoms with Crippen molar-refractivity contribution < 1.29 is 9.90 Å². The van der Waals surface area contributed by atoms with E-state index in [1.807, 2.05) is 0 Å². The molecule has 0 unspecified atom stereocenters. The third-order valence-corrected chi connectivity index (χ3v) is 3.70. The summed E-state index contributed by atoms with van der Waals surface area (Å²) in [5, 5.41) is 12.3. The van der Waals surface area contributed by atoms with Crippen LogP contribution in [0.5, 0.6) is 0 Å². The number of carboxylic acid groups (broad SMARTS) is 1. The van der Waals surface area contributed by atoms with E-state index in [4.69, 9.17) is 5.11 Å². The highest BCUT2D eigenvalue weighted by Gasteiger charge is 2.28. The summed E-state index contributed by atoms with van der Waals surface area (Å²) in [4.78, 5) is 13.3. The standard InChI is InChI=1S/C11H20N2O2.ClH/c14-11(15)9-3-7-13(8-4-9)10-1-5-12-6-2-10;/h9-10,12H,1-8H2,(H,14,15);1H. The Bertz CT molecular complexity index is 224. The summed E-state index contributed by atoms with van der Waals surface area (Å²) in [5.74, 6) is -0.706. The average Bonchev–Trinajstić information content (AvgIpc) is 2.30. The van der Waals surface area contributed by atoms with E-state index in [-0.39, 0.29) is 18.3 Å². The third kappa shape index (κ3) is 3.34. The third-order valence-electron chi connectivity index (χ3n) is 3.70. The van der Waals surface area contributed by atoms with Crippen LogP contribution in [-0.2, 0) is 4.79 Å². The zero-order valence-electron chi connectivity index (χ0n) is 9.52. The van der Waals surface area contributed by atoms with E-state index < -0.39 is 5.97 Å². The van der Waals surface area contributed by atoms with Crippen LogP contribution in [0.25, 0.3) is 0 Å². The predicted molar refractivity (Wildman–Crippen MR) is 65.1 cm³/mol. The highest BCUT2D eigenvalue weighted by molar-refractivity contribution is 5.85. The molecular weight excluding hydrogens is 228 g/mol. The summed E-state index contributed by atoms with van der Waals surface area (Å²) < 4.78 is 0. The van der Waals surface area contributed by atoms with Crippen LogP contribution in [0, 0.1) is 5.92 Å². The molecule has 0 aromatic rings. The second kappa shape index (κ2) is 6.42. The average molecular weight is 249 g/mol. The molecule has 2 heterocycles. The van der Waals surface area contributed by atoms with Crippen molar-refractivity contribution in [3.05, 3.63) is 0 Å². The molecule has 0 amide bonds. The summed E-state index contributed by atoms with van der Waals surface area (Å²) in [6.07, 6.45) is 4.11. The lowest BCUT2D eigenvalue weighted by Crippen LogP contribution is -2.47. The van der Waals surface area contributed by atoms with Gasteiger partial charge in [-0.1, -0.05) is 0 Å². The van der Waals surface area contributed by atoms with Gasteiger partial charge in [0.15, 0.2) is 0 Å². The Hall–Kier alpha value is -0.320. The molecule has 0 aromatic heterocycles. The first-order valence-electron chi connectivity index (χ1n) is 5.95. The zero-order chi connectivity index (χ0) is 10.7. The lowest BCUT2D eigenvalue weighted by molar-refractivity contribution is -0.143. The molecule has 0 spiro atoms. The van der Waals surface area contributed by atoms with Crippen molar-refractivity contribution in [2.75, 3.05) is 26.2 Å². The first kappa shape index (κ1) is 13.7. The van der Waals surface area contributed by atoms with Gasteiger partial charge < -0.3 is 15.3 Å². The summed E-state index contributed by atoms with van der Waals surface area (Å²) in [6, 6.07) is 0.695. The van der Waals surface area contributed by atoms with Crippen molar-refractivity contribution in [3.8, 4) is 0 Å². The first-order chi connectivity index (χ1) is 7.27. The lowest BCUT2D eigenvalue weighted by Gasteiger charge is -2.38. The predicted octanol–water partition coefficient (Wildman–Crippen LogP) is 0.957. The number of hydrogen-bond acceptors (Lipinski definition) is 3. The minimum absolute atomic E-state index is 0. The molecule has 2 fully saturated rings. The number of nitrogens with zero attached hydrogens (tertiary/aromatic N) is 1. The van der Waals surface area contributed by atoms with Gasteiger partial charge in [-0.3, -0.25) is 4.79 Å². The number of hydrogen-bond donors (Lipinski definition) is 2. The fraction of sp³-hybridized carbons (Fsp3) is 0.909. The Kier molecular flexibility index (Phi) is 5.52. The van der Waals surface area contributed by atoms with Crippen molar-refractivity contribution in [1.29, 1.82) is 0 Å². The molecule has 0 saturated carbocycles. The van der Waals surface area contributed by atoms with Crippen LogP contribution in [0.1, 0.15) is 25.7 Å². The Morgan fingerprint density at radius 3 is 2.19 bits per heavy atom. The van der Waals surface area contributed by atoms with E-state index in [0.29, 0.717) is 6.04 Å². The van der Waals surface area contributed by atoms with Gasteiger partial charge in [0.05, 0.1) is 5.92 Å². The Morgan fingerprint density at radius 2 is 1.69 bits per heavy atom. The van der Waals surface area contributed by atoms with Gasteiger partial charge in [-0.2, -0.15) is 0 Å². The maximum atomic E-state index is 10.8. The SMILES string of the molecule is Cl.O=C(O)C1CCN(C2CCNCC2)CC1. The second-order valence-corrected chi connectivity index (χ2v) is 4.63. The topological polar surface area (TPSA) is 52.6 Å². The van der Waals surface area contributed by atoms with Crippen molar-refractivity contribution >= 4 is 18.4 Å². The highest BCUT2D eigenvalue weighted by Crippen LogP contribution is 2.22. The summed E-state index contributed by atoms with van der Waals surface area (Å²) in [6.45, 7) is 4.18. The minimum atomic E-state index is -0.611. The molecule has 2 aliphatic rings. The number of nitrogens with one attached hydrogen (secondary N) is 1. The van der Waals surface area contributed by atoms with Crippen molar-refractivity contribution in [2.45, 2.75) is 31.7 Å². The number of halogens is 1. The highest BCUT2D eigenvalue weighted by atomic mass is 35.5. The van der Waals surface area contributed by atoms with E-state index in [0.717, 1.165) is 39.0 Å². The van der Waals surface area contributed by atoms with E-state index in [9.17, 15) is 4.79 Å². The van der Waals surface area contributed by atoms with E-state index in [1.54, 1.807) is 0 Å². The van der Waals surface area contributed by atoms with Crippen molar-refractivity contribution in [3.63, 3.8) is 0 Å². The molecule has 2 rings (SSSR count). The number of likely N-dealkylation sites (tertiary alicyclic amines) is 1. The maximum Gasteiger partial charge on any atom is 0.306 e. The molecule has 0 aromatic carbocycles. The second-order valence-electron chi connectivity index (χ2n) is 4.63. The molecule has 2 N–H and O–H groups in total. The smallest absolute Gasteiger partial charge is 0.306 e. The van der Waals surface area contributed by atoms with Crippen LogP contribution < -0.4 is 5.32 Å². The summed E-state index contributed by atoms with van der Waals surface area (Å²) in [5.41, 5.74) is 0. The van der Waals surface area contributed by atoms with Gasteiger partial charge >= 0.3 is 5.97 Å². The Labute approximate surface area is 103 Å². The molecule has 0 aliphatic carbocycles. The van der Waals surface area contributed by atoms with Gasteiger partial charge in [-0.25, -0.2) is 0 Å². The molecule has 16 heavy (non-hydrogen) atoms. The molecule has 94 valence electrons. The quantitative estimate of drug-likeness (QED) is 0.764. The summed E-state index contributed by atoms with van der Waals surface area (Å²) >= 11 is 0. The van der Waals surface area contributed by atoms with Crippen molar-refractivity contribution in [2.24, 2.45) is 5.92 Å². The van der Waals surface area contributed by atoms with Crippen LogP contribution in [-0.4, -0.2) is 48.2 Å². The molecule has 2 saturated heterocycles. The van der Waals surface area contributed by atoms with Gasteiger partial charge in [0.2, 0.25) is 0 Å². The maximum absolute atomic E-state index is 10.8. The van der Waals surface area contributed by atoms with E-state index in [2.05, 4.69) is 10.2 Å². The molecule has 2 aliphatic heterocycles.